The Bertz CT molecular complexity index is 869. The summed E-state index contributed by atoms with van der Waals surface area (Å²) in [5.41, 5.74) is 3.45. The molecular weight excluding hydrogens is 360 g/mol. The fourth-order valence-electron chi connectivity index (χ4n) is 2.58. The maximum Gasteiger partial charge on any atom is 0.311 e. The van der Waals surface area contributed by atoms with Crippen LogP contribution in [0.5, 0.6) is 11.5 Å². The summed E-state index contributed by atoms with van der Waals surface area (Å²) < 4.78 is 10.9. The van der Waals surface area contributed by atoms with Crippen LogP contribution in [0.25, 0.3) is 11.1 Å². The van der Waals surface area contributed by atoms with Crippen molar-refractivity contribution in [3.8, 4) is 22.6 Å². The average molecular weight is 381 g/mol. The van der Waals surface area contributed by atoms with Crippen molar-refractivity contribution in [2.45, 2.75) is 19.8 Å². The standard InChI is InChI=1S/C23H21ClO3/c1-17-4-6-18(7-5-17)19-8-12-22(13-9-19)27-23(25)3-2-16-26-21-14-10-20(24)11-15-21/h4-15H,2-3,16H2,1H3. The van der Waals surface area contributed by atoms with Crippen LogP contribution in [0.2, 0.25) is 5.02 Å². The van der Waals surface area contributed by atoms with Crippen LogP contribution in [0.4, 0.5) is 0 Å². The monoisotopic (exact) mass is 380 g/mol. The molecule has 0 aliphatic rings. The van der Waals surface area contributed by atoms with Crippen LogP contribution in [0.3, 0.4) is 0 Å². The van der Waals surface area contributed by atoms with Gasteiger partial charge in [0, 0.05) is 11.4 Å². The van der Waals surface area contributed by atoms with E-state index >= 15 is 0 Å². The largest absolute Gasteiger partial charge is 0.494 e. The maximum absolute atomic E-state index is 12.0. The van der Waals surface area contributed by atoms with Gasteiger partial charge in [0.25, 0.3) is 0 Å². The van der Waals surface area contributed by atoms with Crippen LogP contribution >= 0.6 is 11.6 Å². The van der Waals surface area contributed by atoms with Gasteiger partial charge in [0.2, 0.25) is 0 Å². The van der Waals surface area contributed by atoms with Crippen LogP contribution in [0, 0.1) is 6.92 Å². The van der Waals surface area contributed by atoms with Crippen molar-refractivity contribution in [3.05, 3.63) is 83.4 Å². The van der Waals surface area contributed by atoms with Crippen molar-refractivity contribution in [2.75, 3.05) is 6.61 Å². The molecule has 4 heteroatoms. The number of hydrogen-bond acceptors (Lipinski definition) is 3. The second kappa shape index (κ2) is 9.24. The van der Waals surface area contributed by atoms with Gasteiger partial charge in [-0.1, -0.05) is 53.6 Å². The second-order valence-corrected chi connectivity index (χ2v) is 6.71. The van der Waals surface area contributed by atoms with Gasteiger partial charge >= 0.3 is 5.97 Å². The van der Waals surface area contributed by atoms with Gasteiger partial charge in [0.1, 0.15) is 11.5 Å². The average Bonchev–Trinajstić information content (AvgIpc) is 2.68. The van der Waals surface area contributed by atoms with E-state index in [1.165, 1.54) is 5.56 Å². The second-order valence-electron chi connectivity index (χ2n) is 6.27. The molecule has 3 aromatic carbocycles. The molecule has 0 fully saturated rings. The molecule has 0 aliphatic carbocycles. The predicted molar refractivity (Wildman–Crippen MR) is 108 cm³/mol. The molecule has 0 unspecified atom stereocenters. The predicted octanol–water partition coefficient (Wildman–Crippen LogP) is 6.08. The number of carbonyl (C=O) groups excluding carboxylic acids is 1. The van der Waals surface area contributed by atoms with Gasteiger partial charge in [-0.05, 0) is 60.9 Å². The van der Waals surface area contributed by atoms with Crippen LogP contribution < -0.4 is 9.47 Å². The van der Waals surface area contributed by atoms with Crippen LogP contribution in [0.1, 0.15) is 18.4 Å². The minimum absolute atomic E-state index is 0.266. The molecule has 0 saturated heterocycles. The summed E-state index contributed by atoms with van der Waals surface area (Å²) >= 11 is 5.83. The van der Waals surface area contributed by atoms with Gasteiger partial charge in [-0.25, -0.2) is 0 Å². The number of carbonyl (C=O) groups is 1. The summed E-state index contributed by atoms with van der Waals surface area (Å²) in [7, 11) is 0. The van der Waals surface area contributed by atoms with E-state index in [0.717, 1.165) is 16.9 Å². The Morgan fingerprint density at radius 3 is 2.00 bits per heavy atom. The number of aryl methyl sites for hydroxylation is 1. The van der Waals surface area contributed by atoms with E-state index < -0.39 is 0 Å². The molecule has 0 heterocycles. The SMILES string of the molecule is Cc1ccc(-c2ccc(OC(=O)CCCOc3ccc(Cl)cc3)cc2)cc1. The smallest absolute Gasteiger partial charge is 0.311 e. The topological polar surface area (TPSA) is 35.5 Å². The Labute approximate surface area is 164 Å². The number of ether oxygens (including phenoxy) is 2. The first kappa shape index (κ1) is 19.0. The molecule has 3 rings (SSSR count). The normalized spacial score (nSPS) is 10.4. The van der Waals surface area contributed by atoms with E-state index in [4.69, 9.17) is 21.1 Å². The molecular formula is C23H21ClO3. The molecule has 3 aromatic rings. The van der Waals surface area contributed by atoms with Crippen molar-refractivity contribution in [2.24, 2.45) is 0 Å². The molecule has 0 amide bonds. The number of benzene rings is 3. The quantitative estimate of drug-likeness (QED) is 0.283. The molecule has 0 atom stereocenters. The van der Waals surface area contributed by atoms with Crippen molar-refractivity contribution >= 4 is 17.6 Å². The van der Waals surface area contributed by atoms with Crippen molar-refractivity contribution in [1.29, 1.82) is 0 Å². The van der Waals surface area contributed by atoms with Gasteiger partial charge in [-0.3, -0.25) is 4.79 Å². The van der Waals surface area contributed by atoms with Gasteiger partial charge in [0.15, 0.2) is 0 Å². The van der Waals surface area contributed by atoms with E-state index in [2.05, 4.69) is 31.2 Å². The van der Waals surface area contributed by atoms with E-state index in [1.54, 1.807) is 24.3 Å². The molecule has 0 aliphatic heterocycles. The molecule has 0 saturated carbocycles. The first-order valence-electron chi connectivity index (χ1n) is 8.86. The Hall–Kier alpha value is -2.78. The first-order chi connectivity index (χ1) is 13.1. The summed E-state index contributed by atoms with van der Waals surface area (Å²) in [6.45, 7) is 2.51. The fourth-order valence-corrected chi connectivity index (χ4v) is 2.71. The minimum atomic E-state index is -0.266. The highest BCUT2D eigenvalue weighted by Crippen LogP contribution is 2.23. The third-order valence-electron chi connectivity index (χ3n) is 4.08. The summed E-state index contributed by atoms with van der Waals surface area (Å²) in [6, 6.07) is 23.0. The number of halogens is 1. The Kier molecular flexibility index (Phi) is 6.50. The van der Waals surface area contributed by atoms with Gasteiger partial charge in [-0.15, -0.1) is 0 Å². The third kappa shape index (κ3) is 5.87. The highest BCUT2D eigenvalue weighted by atomic mass is 35.5. The molecule has 138 valence electrons. The fraction of sp³-hybridized carbons (Fsp3) is 0.174. The lowest BCUT2D eigenvalue weighted by molar-refractivity contribution is -0.134. The Morgan fingerprint density at radius 1 is 0.815 bits per heavy atom. The van der Waals surface area contributed by atoms with Crippen LogP contribution in [-0.4, -0.2) is 12.6 Å². The molecule has 0 radical (unpaired) electrons. The summed E-state index contributed by atoms with van der Waals surface area (Å²) in [6.07, 6.45) is 0.885. The Balaban J connectivity index is 1.43. The summed E-state index contributed by atoms with van der Waals surface area (Å²) in [5, 5.41) is 0.666. The van der Waals surface area contributed by atoms with E-state index in [-0.39, 0.29) is 5.97 Å². The van der Waals surface area contributed by atoms with Crippen molar-refractivity contribution in [1.82, 2.24) is 0 Å². The maximum atomic E-state index is 12.0. The molecule has 3 nitrogen and oxygen atoms in total. The van der Waals surface area contributed by atoms with Crippen molar-refractivity contribution in [3.63, 3.8) is 0 Å². The van der Waals surface area contributed by atoms with Crippen molar-refractivity contribution < 1.29 is 14.3 Å². The lowest BCUT2D eigenvalue weighted by Crippen LogP contribution is -2.09. The number of rotatable bonds is 7. The third-order valence-corrected chi connectivity index (χ3v) is 4.33. The summed E-state index contributed by atoms with van der Waals surface area (Å²) in [5.74, 6) is 1.02. The molecule has 27 heavy (non-hydrogen) atoms. The molecule has 0 bridgehead atoms. The minimum Gasteiger partial charge on any atom is -0.494 e. The van der Waals surface area contributed by atoms with E-state index in [9.17, 15) is 4.79 Å². The van der Waals surface area contributed by atoms with Crippen LogP contribution in [0.15, 0.2) is 72.8 Å². The van der Waals surface area contributed by atoms with E-state index in [0.29, 0.717) is 30.2 Å². The van der Waals surface area contributed by atoms with Gasteiger partial charge < -0.3 is 9.47 Å². The zero-order chi connectivity index (χ0) is 19.1. The number of esters is 1. The molecule has 0 N–H and O–H groups in total. The van der Waals surface area contributed by atoms with Crippen LogP contribution in [-0.2, 0) is 4.79 Å². The van der Waals surface area contributed by atoms with E-state index in [1.807, 2.05) is 24.3 Å². The Morgan fingerprint density at radius 2 is 1.37 bits per heavy atom. The highest BCUT2D eigenvalue weighted by molar-refractivity contribution is 6.30. The zero-order valence-corrected chi connectivity index (χ0v) is 15.9. The highest BCUT2D eigenvalue weighted by Gasteiger charge is 2.06. The number of hydrogen-bond donors (Lipinski definition) is 0. The molecule has 0 aromatic heterocycles. The lowest BCUT2D eigenvalue weighted by atomic mass is 10.0. The van der Waals surface area contributed by atoms with Gasteiger partial charge in [0.05, 0.1) is 6.61 Å². The zero-order valence-electron chi connectivity index (χ0n) is 15.2. The lowest BCUT2D eigenvalue weighted by Gasteiger charge is -2.08. The van der Waals surface area contributed by atoms with Gasteiger partial charge in [-0.2, -0.15) is 0 Å². The first-order valence-corrected chi connectivity index (χ1v) is 9.24. The molecule has 0 spiro atoms. The summed E-state index contributed by atoms with van der Waals surface area (Å²) in [4.78, 5) is 12.0.